The molecule has 0 bridgehead atoms. The van der Waals surface area contributed by atoms with Crippen LogP contribution in [0.5, 0.6) is 0 Å². The number of hydrogen-bond donors (Lipinski definition) is 1. The molecule has 0 aliphatic carbocycles. The molecule has 5 rings (SSSR count). The minimum absolute atomic E-state index is 0.122. The third-order valence-corrected chi connectivity index (χ3v) is 9.74. The van der Waals surface area contributed by atoms with Crippen LogP contribution in [0.15, 0.2) is 93.7 Å². The fourth-order valence-corrected chi connectivity index (χ4v) is 7.01. The predicted molar refractivity (Wildman–Crippen MR) is 148 cm³/mol. The fraction of sp³-hybridized carbons (Fsp3) is 0.0385. The molecule has 1 aliphatic heterocycles. The number of aromatic nitrogens is 1. The molecule has 40 heavy (non-hydrogen) atoms. The number of halogens is 2. The van der Waals surface area contributed by atoms with Crippen LogP contribution in [-0.4, -0.2) is 35.1 Å². The molecule has 1 aliphatic rings. The number of aliphatic hydroxyl groups is 1. The predicted octanol–water partition coefficient (Wildman–Crippen LogP) is 5.82. The Morgan fingerprint density at radius 1 is 1.00 bits per heavy atom. The quantitative estimate of drug-likeness (QED) is 0.0938. The van der Waals surface area contributed by atoms with Gasteiger partial charge >= 0.3 is 5.91 Å². The van der Waals surface area contributed by atoms with Crippen molar-refractivity contribution in [3.63, 3.8) is 0 Å². The van der Waals surface area contributed by atoms with E-state index in [1.165, 1.54) is 30.3 Å². The number of nitrogens with zero attached hydrogens (tertiary/aromatic N) is 3. The second-order valence-electron chi connectivity index (χ2n) is 8.45. The maximum Gasteiger partial charge on any atom is 0.301 e. The van der Waals surface area contributed by atoms with E-state index in [1.807, 2.05) is 0 Å². The first-order valence-corrected chi connectivity index (χ1v) is 14.3. The highest BCUT2D eigenvalue weighted by Gasteiger charge is 2.48. The standard InChI is InChI=1S/C26H15Cl2N3O7S2/c27-16-6-4-14(5-7-16)23(32)21-22(15-2-1-3-17(28)12-15)30(25(34)24(21)33)26-29-13-20(39-26)40(37,38)19-10-8-18(9-11-19)31(35)36/h1-13,22,32H/b23-21+/t22-/m0/s1. The van der Waals surface area contributed by atoms with Crippen molar-refractivity contribution >= 4 is 72.6 Å². The van der Waals surface area contributed by atoms with Crippen LogP contribution in [0, 0.1) is 10.1 Å². The fourth-order valence-electron chi connectivity index (χ4n) is 4.13. The van der Waals surface area contributed by atoms with E-state index in [0.717, 1.165) is 35.4 Å². The van der Waals surface area contributed by atoms with Gasteiger partial charge in [0.05, 0.1) is 27.6 Å². The smallest absolute Gasteiger partial charge is 0.301 e. The highest BCUT2D eigenvalue weighted by molar-refractivity contribution is 7.93. The van der Waals surface area contributed by atoms with Crippen LogP contribution in [0.2, 0.25) is 10.0 Å². The first kappa shape index (κ1) is 27.5. The molecule has 1 amide bonds. The lowest BCUT2D eigenvalue weighted by atomic mass is 9.95. The number of anilines is 1. The summed E-state index contributed by atoms with van der Waals surface area (Å²) < 4.78 is 26.2. The lowest BCUT2D eigenvalue weighted by Gasteiger charge is -2.23. The number of ketones is 1. The number of aliphatic hydroxyl groups excluding tert-OH is 1. The lowest BCUT2D eigenvalue weighted by molar-refractivity contribution is -0.384. The number of thiazole rings is 1. The van der Waals surface area contributed by atoms with Gasteiger partial charge in [-0.05, 0) is 54.1 Å². The third kappa shape index (κ3) is 4.86. The molecule has 202 valence electrons. The number of non-ortho nitro benzene ring substituents is 1. The van der Waals surface area contributed by atoms with E-state index >= 15 is 0 Å². The molecule has 2 heterocycles. The highest BCUT2D eigenvalue weighted by Crippen LogP contribution is 2.44. The molecule has 1 fully saturated rings. The van der Waals surface area contributed by atoms with Crippen molar-refractivity contribution < 1.29 is 28.0 Å². The van der Waals surface area contributed by atoms with Crippen molar-refractivity contribution in [3.05, 3.63) is 116 Å². The maximum atomic E-state index is 13.3. The number of sulfone groups is 1. The van der Waals surface area contributed by atoms with Gasteiger partial charge in [-0.2, -0.15) is 0 Å². The first-order chi connectivity index (χ1) is 19.0. The van der Waals surface area contributed by atoms with Crippen molar-refractivity contribution in [1.82, 2.24) is 4.98 Å². The van der Waals surface area contributed by atoms with E-state index in [2.05, 4.69) is 4.98 Å². The van der Waals surface area contributed by atoms with Crippen molar-refractivity contribution in [2.24, 2.45) is 0 Å². The Morgan fingerprint density at radius 2 is 1.68 bits per heavy atom. The van der Waals surface area contributed by atoms with Crippen molar-refractivity contribution in [3.8, 4) is 0 Å². The summed E-state index contributed by atoms with van der Waals surface area (Å²) in [6, 6.07) is 15.4. The molecule has 3 aromatic carbocycles. The van der Waals surface area contributed by atoms with Crippen molar-refractivity contribution in [2.45, 2.75) is 15.1 Å². The molecule has 1 N–H and O–H groups in total. The van der Waals surface area contributed by atoms with Crippen LogP contribution in [-0.2, 0) is 19.4 Å². The molecule has 0 saturated carbocycles. The average molecular weight is 616 g/mol. The molecule has 10 nitrogen and oxygen atoms in total. The van der Waals surface area contributed by atoms with Crippen molar-refractivity contribution in [1.29, 1.82) is 0 Å². The molecule has 0 unspecified atom stereocenters. The Bertz CT molecular complexity index is 1820. The zero-order valence-electron chi connectivity index (χ0n) is 19.9. The second-order valence-corrected chi connectivity index (χ2v) is 12.5. The minimum atomic E-state index is -4.17. The third-order valence-electron chi connectivity index (χ3n) is 6.03. The second kappa shape index (κ2) is 10.5. The lowest BCUT2D eigenvalue weighted by Crippen LogP contribution is -2.29. The number of rotatable bonds is 6. The molecule has 1 atom stereocenters. The number of nitro benzene ring substituents is 1. The summed E-state index contributed by atoms with van der Waals surface area (Å²) in [6.45, 7) is 0. The molecule has 0 spiro atoms. The topological polar surface area (TPSA) is 148 Å². The van der Waals surface area contributed by atoms with Gasteiger partial charge in [0, 0.05) is 27.7 Å². The van der Waals surface area contributed by atoms with Crippen molar-refractivity contribution in [2.75, 3.05) is 4.90 Å². The number of carbonyl (C=O) groups is 2. The Hall–Kier alpha value is -4.10. The molecular weight excluding hydrogens is 601 g/mol. The van der Waals surface area contributed by atoms with Gasteiger partial charge in [-0.15, -0.1) is 0 Å². The Labute approximate surface area is 240 Å². The summed E-state index contributed by atoms with van der Waals surface area (Å²) in [5.74, 6) is -2.50. The number of carbonyl (C=O) groups excluding carboxylic acids is 2. The van der Waals surface area contributed by atoms with Gasteiger partial charge in [-0.25, -0.2) is 13.4 Å². The van der Waals surface area contributed by atoms with E-state index in [0.29, 0.717) is 26.9 Å². The minimum Gasteiger partial charge on any atom is -0.507 e. The van der Waals surface area contributed by atoms with E-state index < -0.39 is 38.3 Å². The molecule has 1 aromatic heterocycles. The molecule has 4 aromatic rings. The molecule has 14 heteroatoms. The molecule has 0 radical (unpaired) electrons. The monoisotopic (exact) mass is 615 g/mol. The highest BCUT2D eigenvalue weighted by atomic mass is 35.5. The summed E-state index contributed by atoms with van der Waals surface area (Å²) in [5.41, 5.74) is 0.0751. The molecule has 1 saturated heterocycles. The zero-order chi connectivity index (χ0) is 28.8. The van der Waals surface area contributed by atoms with E-state index in [-0.39, 0.29) is 31.1 Å². The van der Waals surface area contributed by atoms with Gasteiger partial charge in [0.25, 0.3) is 11.5 Å². The largest absolute Gasteiger partial charge is 0.507 e. The summed E-state index contributed by atoms with van der Waals surface area (Å²) in [7, 11) is -4.17. The van der Waals surface area contributed by atoms with Gasteiger partial charge in [-0.1, -0.05) is 46.7 Å². The van der Waals surface area contributed by atoms with Crippen LogP contribution >= 0.6 is 34.5 Å². The van der Waals surface area contributed by atoms with Gasteiger partial charge in [-0.3, -0.25) is 24.6 Å². The van der Waals surface area contributed by atoms with Crippen LogP contribution in [0.25, 0.3) is 5.76 Å². The average Bonchev–Trinajstić information content (AvgIpc) is 3.52. The Kier molecular flexibility index (Phi) is 7.19. The normalized spacial score (nSPS) is 16.9. The van der Waals surface area contributed by atoms with Gasteiger partial charge in [0.15, 0.2) is 5.13 Å². The number of hydrogen-bond acceptors (Lipinski definition) is 9. The van der Waals surface area contributed by atoms with Crippen LogP contribution in [0.1, 0.15) is 17.2 Å². The van der Waals surface area contributed by atoms with Crippen LogP contribution in [0.4, 0.5) is 10.8 Å². The summed E-state index contributed by atoms with van der Waals surface area (Å²) >= 11 is 12.8. The van der Waals surface area contributed by atoms with Gasteiger partial charge in [0.2, 0.25) is 9.84 Å². The van der Waals surface area contributed by atoms with E-state index in [9.17, 15) is 33.2 Å². The SMILES string of the molecule is O=C1C(=O)N(c2ncc(S(=O)(=O)c3ccc([N+](=O)[O-])cc3)s2)[C@@H](c2cccc(Cl)c2)/C1=C(\O)c1ccc(Cl)cc1. The van der Waals surface area contributed by atoms with Crippen LogP contribution in [0.3, 0.4) is 0 Å². The van der Waals surface area contributed by atoms with Crippen LogP contribution < -0.4 is 4.90 Å². The Morgan fingerprint density at radius 3 is 2.30 bits per heavy atom. The summed E-state index contributed by atoms with van der Waals surface area (Å²) in [4.78, 5) is 41.8. The first-order valence-electron chi connectivity index (χ1n) is 11.3. The summed E-state index contributed by atoms with van der Waals surface area (Å²) in [5, 5.41) is 22.7. The van der Waals surface area contributed by atoms with Gasteiger partial charge in [0.1, 0.15) is 9.97 Å². The summed E-state index contributed by atoms with van der Waals surface area (Å²) in [6.07, 6.45) is 1.03. The maximum absolute atomic E-state index is 13.3. The van der Waals surface area contributed by atoms with Gasteiger partial charge < -0.3 is 5.11 Å². The number of nitro groups is 1. The zero-order valence-corrected chi connectivity index (χ0v) is 23.0. The number of amides is 1. The number of benzene rings is 3. The van der Waals surface area contributed by atoms with E-state index in [4.69, 9.17) is 23.2 Å². The van der Waals surface area contributed by atoms with E-state index in [1.54, 1.807) is 18.2 Å². The Balaban J connectivity index is 1.62. The number of Topliss-reactive ketones (excluding diaryl/α,β-unsaturated/α-hetero) is 1. The molecular formula is C26H15Cl2N3O7S2.